The SMILES string of the molecule is CCC(C1CC1)n1c(=O)c(C)nc2c(-c3cc(C)c(Cl)cc3OC)ccnc21. The van der Waals surface area contributed by atoms with Crippen molar-refractivity contribution in [1.29, 1.82) is 0 Å². The summed E-state index contributed by atoms with van der Waals surface area (Å²) >= 11 is 6.29. The van der Waals surface area contributed by atoms with E-state index in [9.17, 15) is 4.79 Å². The fourth-order valence-electron chi connectivity index (χ4n) is 3.99. The van der Waals surface area contributed by atoms with Crippen LogP contribution in [0.5, 0.6) is 5.75 Å². The molecule has 0 saturated heterocycles. The molecule has 1 unspecified atom stereocenters. The zero-order valence-electron chi connectivity index (χ0n) is 16.6. The molecule has 0 radical (unpaired) electrons. The number of nitrogens with zero attached hydrogens (tertiary/aromatic N) is 3. The summed E-state index contributed by atoms with van der Waals surface area (Å²) in [5, 5.41) is 0.653. The Hall–Kier alpha value is -2.40. The summed E-state index contributed by atoms with van der Waals surface area (Å²) in [4.78, 5) is 22.2. The number of rotatable bonds is 5. The summed E-state index contributed by atoms with van der Waals surface area (Å²) in [5.41, 5.74) is 4.55. The number of benzene rings is 1. The lowest BCUT2D eigenvalue weighted by molar-refractivity contribution is 0.416. The minimum Gasteiger partial charge on any atom is -0.496 e. The van der Waals surface area contributed by atoms with E-state index < -0.39 is 0 Å². The van der Waals surface area contributed by atoms with Gasteiger partial charge in [0.1, 0.15) is 17.0 Å². The average Bonchev–Trinajstić information content (AvgIpc) is 3.52. The maximum absolute atomic E-state index is 13.0. The second-order valence-corrected chi connectivity index (χ2v) is 7.92. The Morgan fingerprint density at radius 1 is 1.29 bits per heavy atom. The lowest BCUT2D eigenvalue weighted by Crippen LogP contribution is -2.29. The van der Waals surface area contributed by atoms with E-state index in [0.717, 1.165) is 41.5 Å². The molecule has 0 N–H and O–H groups in total. The van der Waals surface area contributed by atoms with E-state index in [1.165, 1.54) is 0 Å². The molecule has 28 heavy (non-hydrogen) atoms. The third-order valence-corrected chi connectivity index (χ3v) is 6.04. The highest BCUT2D eigenvalue weighted by Gasteiger charge is 2.33. The van der Waals surface area contributed by atoms with Crippen LogP contribution in [0, 0.1) is 19.8 Å². The number of halogens is 1. The molecule has 1 aliphatic carbocycles. The number of pyridine rings is 1. The van der Waals surface area contributed by atoms with Gasteiger partial charge in [-0.15, -0.1) is 0 Å². The quantitative estimate of drug-likeness (QED) is 0.601. The maximum Gasteiger partial charge on any atom is 0.273 e. The lowest BCUT2D eigenvalue weighted by Gasteiger charge is -2.21. The van der Waals surface area contributed by atoms with Gasteiger partial charge in [0.2, 0.25) is 0 Å². The molecule has 5 nitrogen and oxygen atoms in total. The lowest BCUT2D eigenvalue weighted by atomic mass is 10.0. The molecule has 146 valence electrons. The Morgan fingerprint density at radius 2 is 2.04 bits per heavy atom. The van der Waals surface area contributed by atoms with Gasteiger partial charge >= 0.3 is 0 Å². The zero-order chi connectivity index (χ0) is 20.0. The average molecular weight is 398 g/mol. The summed E-state index contributed by atoms with van der Waals surface area (Å²) in [6, 6.07) is 5.90. The van der Waals surface area contributed by atoms with Gasteiger partial charge in [0.25, 0.3) is 5.56 Å². The monoisotopic (exact) mass is 397 g/mol. The Balaban J connectivity index is 2.04. The van der Waals surface area contributed by atoms with Crippen LogP contribution in [-0.4, -0.2) is 21.6 Å². The molecule has 0 aliphatic heterocycles. The third kappa shape index (κ3) is 3.08. The minimum absolute atomic E-state index is 0.0462. The van der Waals surface area contributed by atoms with Crippen LogP contribution < -0.4 is 10.3 Å². The summed E-state index contributed by atoms with van der Waals surface area (Å²) in [6.45, 7) is 5.87. The van der Waals surface area contributed by atoms with Gasteiger partial charge in [-0.05, 0) is 62.8 Å². The number of hydrogen-bond acceptors (Lipinski definition) is 4. The molecule has 4 rings (SSSR count). The van der Waals surface area contributed by atoms with E-state index in [1.54, 1.807) is 20.2 Å². The van der Waals surface area contributed by atoms with Crippen molar-refractivity contribution < 1.29 is 4.74 Å². The highest BCUT2D eigenvalue weighted by molar-refractivity contribution is 6.31. The zero-order valence-corrected chi connectivity index (χ0v) is 17.4. The largest absolute Gasteiger partial charge is 0.496 e. The van der Waals surface area contributed by atoms with E-state index in [1.807, 2.05) is 29.7 Å². The highest BCUT2D eigenvalue weighted by Crippen LogP contribution is 2.42. The van der Waals surface area contributed by atoms with Crippen LogP contribution in [0.25, 0.3) is 22.3 Å². The molecule has 1 aliphatic rings. The van der Waals surface area contributed by atoms with Gasteiger partial charge in [-0.2, -0.15) is 0 Å². The molecular formula is C22H24ClN3O2. The molecule has 1 saturated carbocycles. The molecule has 1 aromatic carbocycles. The number of hydrogen-bond donors (Lipinski definition) is 0. The number of aryl methyl sites for hydroxylation is 2. The first-order valence-electron chi connectivity index (χ1n) is 9.68. The van der Waals surface area contributed by atoms with Crippen LogP contribution >= 0.6 is 11.6 Å². The normalized spacial score (nSPS) is 15.0. The summed E-state index contributed by atoms with van der Waals surface area (Å²) in [5.74, 6) is 1.22. The Morgan fingerprint density at radius 3 is 2.68 bits per heavy atom. The van der Waals surface area contributed by atoms with Crippen molar-refractivity contribution in [2.45, 2.75) is 46.1 Å². The smallest absolute Gasteiger partial charge is 0.273 e. The van der Waals surface area contributed by atoms with Gasteiger partial charge in [-0.25, -0.2) is 9.97 Å². The maximum atomic E-state index is 13.0. The van der Waals surface area contributed by atoms with Crippen LogP contribution in [0.3, 0.4) is 0 Å². The molecule has 0 bridgehead atoms. The van der Waals surface area contributed by atoms with Crippen molar-refractivity contribution in [2.75, 3.05) is 7.11 Å². The Labute approximate surface area is 169 Å². The standard InChI is InChI=1S/C22H24ClN3O2/c1-5-18(14-6-7-14)26-21-20(25-13(3)22(26)27)15(8-9-24-21)16-10-12(2)17(23)11-19(16)28-4/h8-11,14,18H,5-7H2,1-4H3. The van der Waals surface area contributed by atoms with Gasteiger partial charge in [-0.1, -0.05) is 18.5 Å². The van der Waals surface area contributed by atoms with Crippen LogP contribution in [0.1, 0.15) is 43.5 Å². The van der Waals surface area contributed by atoms with Gasteiger partial charge in [0.15, 0.2) is 5.65 Å². The minimum atomic E-state index is -0.0462. The predicted octanol–water partition coefficient (Wildman–Crippen LogP) is 5.10. The van der Waals surface area contributed by atoms with Crippen LogP contribution in [0.4, 0.5) is 0 Å². The van der Waals surface area contributed by atoms with Crippen molar-refractivity contribution in [1.82, 2.24) is 14.5 Å². The molecule has 0 spiro atoms. The van der Waals surface area contributed by atoms with Crippen molar-refractivity contribution in [3.63, 3.8) is 0 Å². The second kappa shape index (κ2) is 7.21. The van der Waals surface area contributed by atoms with E-state index >= 15 is 0 Å². The molecule has 3 aromatic rings. The highest BCUT2D eigenvalue weighted by atomic mass is 35.5. The first-order chi connectivity index (χ1) is 13.5. The van der Waals surface area contributed by atoms with Crippen LogP contribution in [-0.2, 0) is 0 Å². The van der Waals surface area contributed by atoms with Crippen LogP contribution in [0.15, 0.2) is 29.2 Å². The number of fused-ring (bicyclic) bond motifs is 1. The Kier molecular flexibility index (Phi) is 4.88. The molecule has 1 atom stereocenters. The summed E-state index contributed by atoms with van der Waals surface area (Å²) in [6.07, 6.45) is 4.97. The van der Waals surface area contributed by atoms with Gasteiger partial charge in [0, 0.05) is 28.4 Å². The van der Waals surface area contributed by atoms with Crippen molar-refractivity contribution >= 4 is 22.8 Å². The van der Waals surface area contributed by atoms with Crippen molar-refractivity contribution in [3.05, 3.63) is 51.0 Å². The van der Waals surface area contributed by atoms with E-state index in [-0.39, 0.29) is 11.6 Å². The molecule has 2 aromatic heterocycles. The molecular weight excluding hydrogens is 374 g/mol. The van der Waals surface area contributed by atoms with Gasteiger partial charge < -0.3 is 4.74 Å². The summed E-state index contributed by atoms with van der Waals surface area (Å²) in [7, 11) is 1.63. The number of ether oxygens (including phenoxy) is 1. The van der Waals surface area contributed by atoms with Crippen LogP contribution in [0.2, 0.25) is 5.02 Å². The number of methoxy groups -OCH3 is 1. The van der Waals surface area contributed by atoms with Crippen molar-refractivity contribution in [3.8, 4) is 16.9 Å². The molecule has 1 fully saturated rings. The topological polar surface area (TPSA) is 57.0 Å². The van der Waals surface area contributed by atoms with E-state index in [2.05, 4.69) is 16.9 Å². The predicted molar refractivity (Wildman–Crippen MR) is 112 cm³/mol. The summed E-state index contributed by atoms with van der Waals surface area (Å²) < 4.78 is 7.45. The van der Waals surface area contributed by atoms with Gasteiger partial charge in [-0.3, -0.25) is 9.36 Å². The fraction of sp³-hybridized carbons (Fsp3) is 0.409. The van der Waals surface area contributed by atoms with E-state index in [4.69, 9.17) is 16.3 Å². The molecule has 0 amide bonds. The molecule has 6 heteroatoms. The van der Waals surface area contributed by atoms with Crippen molar-refractivity contribution in [2.24, 2.45) is 5.92 Å². The number of aromatic nitrogens is 3. The first kappa shape index (κ1) is 18.9. The Bertz CT molecular complexity index is 1120. The van der Waals surface area contributed by atoms with Gasteiger partial charge in [0.05, 0.1) is 7.11 Å². The van der Waals surface area contributed by atoms with E-state index in [0.29, 0.717) is 28.0 Å². The first-order valence-corrected chi connectivity index (χ1v) is 10.1. The fourth-order valence-corrected chi connectivity index (χ4v) is 4.14. The third-order valence-electron chi connectivity index (χ3n) is 5.63. The second-order valence-electron chi connectivity index (χ2n) is 7.52. The molecule has 2 heterocycles.